The van der Waals surface area contributed by atoms with Gasteiger partial charge in [-0.1, -0.05) is 127 Å². The van der Waals surface area contributed by atoms with Crippen LogP contribution in [-0.2, 0) is 69.1 Å². The highest BCUT2D eigenvalue weighted by atomic mass is 16.8. The molecule has 0 unspecified atom stereocenters. The van der Waals surface area contributed by atoms with E-state index >= 15 is 0 Å². The van der Waals surface area contributed by atoms with Gasteiger partial charge in [-0.15, -0.1) is 6.58 Å². The van der Waals surface area contributed by atoms with E-state index in [1.807, 2.05) is 121 Å². The first-order valence-electron chi connectivity index (χ1n) is 19.0. The summed E-state index contributed by atoms with van der Waals surface area (Å²) in [5, 5.41) is 22.4. The molecule has 2 fully saturated rings. The Labute approximate surface area is 328 Å². The standard InChI is InChI=1S/C45H52O11/c1-4-25-45(56-39-31(2)53-44(48)41(38(39)47)54-32(3)46)43(52-29-36-23-15-8-16-24-36)42(51-28-35-21-13-7-14-22-35)40(50-27-34-19-11-6-12-20-34)37(55-45)30-49-26-33-17-9-5-10-18-33/h4-24,31,37-44,47-48H,1,25-30H2,2-3H3/t31-,37+,38+,39-,40+,41+,42-,43+,44+,45+/m0/s1. The van der Waals surface area contributed by atoms with Gasteiger partial charge in [0, 0.05) is 13.3 Å². The second-order valence-electron chi connectivity index (χ2n) is 14.1. The van der Waals surface area contributed by atoms with Crippen molar-refractivity contribution < 1.29 is 52.9 Å². The first-order valence-corrected chi connectivity index (χ1v) is 19.0. The minimum atomic E-state index is -1.70. The summed E-state index contributed by atoms with van der Waals surface area (Å²) in [6.07, 6.45) is -8.27. The third-order valence-electron chi connectivity index (χ3n) is 9.85. The lowest BCUT2D eigenvalue weighted by Gasteiger charge is -2.54. The van der Waals surface area contributed by atoms with Crippen molar-refractivity contribution in [1.29, 1.82) is 0 Å². The first-order chi connectivity index (χ1) is 27.3. The molecule has 0 aromatic heterocycles. The molecule has 2 N–H and O–H groups in total. The maximum Gasteiger partial charge on any atom is 0.303 e. The summed E-state index contributed by atoms with van der Waals surface area (Å²) in [5.41, 5.74) is 3.75. The Morgan fingerprint density at radius 1 is 0.696 bits per heavy atom. The SMILES string of the molecule is C=CC[C@]1(O[C@@H]2[C@@H](O)[C@@H](OC(C)=O)[C@H](O)O[C@H]2C)O[C@H](COCc2ccccc2)[C@@H](OCc2ccccc2)[C@H](OCc2ccccc2)[C@H]1OCc1ccccc1. The molecule has 298 valence electrons. The third kappa shape index (κ3) is 10.8. The van der Waals surface area contributed by atoms with Crippen molar-refractivity contribution in [2.75, 3.05) is 6.61 Å². The number of hydrogen-bond donors (Lipinski definition) is 2. The van der Waals surface area contributed by atoms with Crippen LogP contribution >= 0.6 is 0 Å². The van der Waals surface area contributed by atoms with Crippen LogP contribution in [-0.4, -0.2) is 83.7 Å². The van der Waals surface area contributed by atoms with Crippen LogP contribution in [0.5, 0.6) is 0 Å². The van der Waals surface area contributed by atoms with Crippen molar-refractivity contribution in [1.82, 2.24) is 0 Å². The number of hydrogen-bond acceptors (Lipinski definition) is 11. The van der Waals surface area contributed by atoms with Gasteiger partial charge in [0.05, 0.1) is 39.1 Å². The number of aliphatic hydroxyl groups excluding tert-OH is 2. The van der Waals surface area contributed by atoms with Gasteiger partial charge in [-0.25, -0.2) is 0 Å². The van der Waals surface area contributed by atoms with Crippen molar-refractivity contribution in [3.05, 3.63) is 156 Å². The van der Waals surface area contributed by atoms with E-state index in [9.17, 15) is 15.0 Å². The lowest BCUT2D eigenvalue weighted by molar-refractivity contribution is -0.411. The summed E-state index contributed by atoms with van der Waals surface area (Å²) in [5.74, 6) is -2.40. The van der Waals surface area contributed by atoms with E-state index in [0.717, 1.165) is 22.3 Å². The quantitative estimate of drug-likeness (QED) is 0.0907. The molecule has 2 heterocycles. The second-order valence-corrected chi connectivity index (χ2v) is 14.1. The zero-order valence-electron chi connectivity index (χ0n) is 31.8. The summed E-state index contributed by atoms with van der Waals surface area (Å²) in [6.45, 7) is 7.88. The highest BCUT2D eigenvalue weighted by Gasteiger charge is 2.60. The lowest BCUT2D eigenvalue weighted by Crippen LogP contribution is -2.70. The molecule has 0 spiro atoms. The Balaban J connectivity index is 1.42. The molecular weight excluding hydrogens is 716 g/mol. The van der Waals surface area contributed by atoms with E-state index in [-0.39, 0.29) is 32.8 Å². The van der Waals surface area contributed by atoms with Crippen molar-refractivity contribution in [3.63, 3.8) is 0 Å². The topological polar surface area (TPSA) is 131 Å². The Kier molecular flexibility index (Phi) is 15.0. The fourth-order valence-corrected chi connectivity index (χ4v) is 7.15. The smallest absolute Gasteiger partial charge is 0.303 e. The first kappa shape index (κ1) is 41.4. The second kappa shape index (κ2) is 20.2. The van der Waals surface area contributed by atoms with Crippen LogP contribution in [0.25, 0.3) is 0 Å². The molecule has 4 aromatic carbocycles. The largest absolute Gasteiger partial charge is 0.454 e. The maximum atomic E-state index is 12.1. The van der Waals surface area contributed by atoms with Gasteiger partial charge in [-0.3, -0.25) is 4.79 Å². The minimum absolute atomic E-state index is 0.0645. The van der Waals surface area contributed by atoms with Gasteiger partial charge < -0.3 is 48.1 Å². The van der Waals surface area contributed by atoms with Gasteiger partial charge in [0.2, 0.25) is 5.79 Å². The number of aliphatic hydroxyl groups is 2. The van der Waals surface area contributed by atoms with Crippen LogP contribution in [0.3, 0.4) is 0 Å². The Bertz CT molecular complexity index is 1760. The highest BCUT2D eigenvalue weighted by Crippen LogP contribution is 2.43. The molecule has 56 heavy (non-hydrogen) atoms. The minimum Gasteiger partial charge on any atom is -0.454 e. The molecule has 2 aliphatic rings. The van der Waals surface area contributed by atoms with Crippen molar-refractivity contribution in [2.24, 2.45) is 0 Å². The molecule has 2 saturated heterocycles. The van der Waals surface area contributed by atoms with Crippen LogP contribution in [0.1, 0.15) is 42.5 Å². The zero-order valence-corrected chi connectivity index (χ0v) is 31.8. The average molecular weight is 769 g/mol. The predicted octanol–water partition coefficient (Wildman–Crippen LogP) is 6.05. The molecule has 0 amide bonds. The maximum absolute atomic E-state index is 12.1. The molecule has 11 heteroatoms. The van der Waals surface area contributed by atoms with E-state index in [0.29, 0.717) is 6.61 Å². The molecule has 11 nitrogen and oxygen atoms in total. The molecule has 0 radical (unpaired) electrons. The van der Waals surface area contributed by atoms with Gasteiger partial charge in [0.1, 0.15) is 36.6 Å². The number of carbonyl (C=O) groups excluding carboxylic acids is 1. The Morgan fingerprint density at radius 3 is 1.68 bits per heavy atom. The molecule has 10 atom stereocenters. The van der Waals surface area contributed by atoms with Gasteiger partial charge in [-0.2, -0.15) is 0 Å². The summed E-state index contributed by atoms with van der Waals surface area (Å²) < 4.78 is 52.1. The van der Waals surface area contributed by atoms with Crippen LogP contribution in [0.15, 0.2) is 134 Å². The fraction of sp³-hybridized carbons (Fsp3) is 0.400. The number of rotatable bonds is 18. The lowest BCUT2D eigenvalue weighted by atomic mass is 9.88. The fourth-order valence-electron chi connectivity index (χ4n) is 7.15. The van der Waals surface area contributed by atoms with Crippen molar-refractivity contribution in [3.8, 4) is 0 Å². The van der Waals surface area contributed by atoms with Crippen LogP contribution < -0.4 is 0 Å². The molecule has 0 bridgehead atoms. The van der Waals surface area contributed by atoms with E-state index in [1.54, 1.807) is 13.0 Å². The Morgan fingerprint density at radius 2 is 1.18 bits per heavy atom. The van der Waals surface area contributed by atoms with Crippen LogP contribution in [0.4, 0.5) is 0 Å². The van der Waals surface area contributed by atoms with E-state index in [1.165, 1.54) is 6.92 Å². The predicted molar refractivity (Wildman–Crippen MR) is 207 cm³/mol. The molecule has 4 aromatic rings. The van der Waals surface area contributed by atoms with Crippen LogP contribution in [0, 0.1) is 0 Å². The van der Waals surface area contributed by atoms with Crippen molar-refractivity contribution in [2.45, 2.75) is 108 Å². The molecule has 0 saturated carbocycles. The number of carbonyl (C=O) groups is 1. The summed E-state index contributed by atoms with van der Waals surface area (Å²) in [6, 6.07) is 39.1. The molecule has 0 aliphatic carbocycles. The Hall–Kier alpha value is -4.27. The van der Waals surface area contributed by atoms with Gasteiger partial charge in [0.25, 0.3) is 0 Å². The van der Waals surface area contributed by atoms with Crippen LogP contribution in [0.2, 0.25) is 0 Å². The molecule has 6 rings (SSSR count). The summed E-state index contributed by atoms with van der Waals surface area (Å²) in [4.78, 5) is 12.1. The summed E-state index contributed by atoms with van der Waals surface area (Å²) >= 11 is 0. The number of benzene rings is 4. The van der Waals surface area contributed by atoms with Crippen molar-refractivity contribution >= 4 is 5.97 Å². The summed E-state index contributed by atoms with van der Waals surface area (Å²) in [7, 11) is 0. The monoisotopic (exact) mass is 768 g/mol. The van der Waals surface area contributed by atoms with Gasteiger partial charge in [0.15, 0.2) is 12.4 Å². The third-order valence-corrected chi connectivity index (χ3v) is 9.85. The van der Waals surface area contributed by atoms with E-state index < -0.39 is 66.9 Å². The van der Waals surface area contributed by atoms with E-state index in [4.69, 9.17) is 37.9 Å². The van der Waals surface area contributed by atoms with Gasteiger partial charge >= 0.3 is 5.97 Å². The zero-order chi connectivity index (χ0) is 39.3. The molecule has 2 aliphatic heterocycles. The molecular formula is C45H52O11. The van der Waals surface area contributed by atoms with Gasteiger partial charge in [-0.05, 0) is 29.2 Å². The highest BCUT2D eigenvalue weighted by molar-refractivity contribution is 5.66. The normalized spacial score (nSPS) is 29.0. The average Bonchev–Trinajstić information content (AvgIpc) is 3.21. The number of ether oxygens (including phenoxy) is 8. The number of esters is 1. The van der Waals surface area contributed by atoms with E-state index in [2.05, 4.69) is 6.58 Å².